The number of aliphatic hydroxyl groups is 1. The van der Waals surface area contributed by atoms with Crippen LogP contribution in [0.2, 0.25) is 0 Å². The highest BCUT2D eigenvalue weighted by molar-refractivity contribution is 5.79. The SMILES string of the molecule is CCCC(CCC)C(=O)N1CCC(C)(O)C1. The van der Waals surface area contributed by atoms with Crippen LogP contribution >= 0.6 is 0 Å². The van der Waals surface area contributed by atoms with Crippen molar-refractivity contribution in [3.8, 4) is 0 Å². The van der Waals surface area contributed by atoms with E-state index in [2.05, 4.69) is 13.8 Å². The second kappa shape index (κ2) is 5.67. The van der Waals surface area contributed by atoms with E-state index < -0.39 is 5.60 Å². The first-order valence-corrected chi connectivity index (χ1v) is 6.51. The Hall–Kier alpha value is -0.570. The van der Waals surface area contributed by atoms with E-state index in [1.165, 1.54) is 0 Å². The molecule has 3 nitrogen and oxygen atoms in total. The lowest BCUT2D eigenvalue weighted by atomic mass is 9.97. The van der Waals surface area contributed by atoms with Crippen LogP contribution in [0, 0.1) is 5.92 Å². The van der Waals surface area contributed by atoms with Gasteiger partial charge in [-0.25, -0.2) is 0 Å². The van der Waals surface area contributed by atoms with Gasteiger partial charge in [-0.3, -0.25) is 4.79 Å². The highest BCUT2D eigenvalue weighted by Crippen LogP contribution is 2.24. The zero-order valence-electron chi connectivity index (χ0n) is 10.8. The van der Waals surface area contributed by atoms with E-state index in [-0.39, 0.29) is 11.8 Å². The monoisotopic (exact) mass is 227 g/mol. The van der Waals surface area contributed by atoms with Crippen LogP contribution in [0.15, 0.2) is 0 Å². The van der Waals surface area contributed by atoms with Crippen molar-refractivity contribution in [2.75, 3.05) is 13.1 Å². The van der Waals surface area contributed by atoms with E-state index in [0.717, 1.165) is 32.2 Å². The zero-order valence-corrected chi connectivity index (χ0v) is 10.8. The first-order valence-electron chi connectivity index (χ1n) is 6.51. The van der Waals surface area contributed by atoms with Gasteiger partial charge in [0.15, 0.2) is 0 Å². The van der Waals surface area contributed by atoms with E-state index in [0.29, 0.717) is 13.0 Å². The molecule has 1 unspecified atom stereocenters. The molecule has 1 atom stereocenters. The van der Waals surface area contributed by atoms with Crippen LogP contribution in [-0.4, -0.2) is 34.6 Å². The number of carbonyl (C=O) groups is 1. The molecule has 0 aromatic heterocycles. The number of hydrogen-bond acceptors (Lipinski definition) is 2. The first-order chi connectivity index (χ1) is 7.50. The van der Waals surface area contributed by atoms with Gasteiger partial charge in [-0.05, 0) is 26.2 Å². The summed E-state index contributed by atoms with van der Waals surface area (Å²) in [5.41, 5.74) is -0.668. The molecule has 1 N–H and O–H groups in total. The molecule has 0 aromatic rings. The Labute approximate surface area is 98.8 Å². The molecule has 1 heterocycles. The molecule has 1 rings (SSSR count). The predicted molar refractivity (Wildman–Crippen MR) is 65.1 cm³/mol. The maximum atomic E-state index is 12.2. The topological polar surface area (TPSA) is 40.5 Å². The molecule has 3 heteroatoms. The molecule has 0 spiro atoms. The van der Waals surface area contributed by atoms with Crippen LogP contribution in [0.4, 0.5) is 0 Å². The molecule has 1 saturated heterocycles. The van der Waals surface area contributed by atoms with Gasteiger partial charge in [0, 0.05) is 19.0 Å². The lowest BCUT2D eigenvalue weighted by Gasteiger charge is -2.24. The average molecular weight is 227 g/mol. The number of hydrogen-bond donors (Lipinski definition) is 1. The first kappa shape index (κ1) is 13.5. The van der Waals surface area contributed by atoms with Crippen molar-refractivity contribution in [2.45, 2.75) is 58.5 Å². The second-order valence-corrected chi connectivity index (χ2v) is 5.28. The number of amides is 1. The molecule has 0 aliphatic carbocycles. The van der Waals surface area contributed by atoms with Gasteiger partial charge in [-0.2, -0.15) is 0 Å². The zero-order chi connectivity index (χ0) is 12.2. The second-order valence-electron chi connectivity index (χ2n) is 5.28. The van der Waals surface area contributed by atoms with Crippen LogP contribution in [0.3, 0.4) is 0 Å². The van der Waals surface area contributed by atoms with Crippen molar-refractivity contribution < 1.29 is 9.90 Å². The van der Waals surface area contributed by atoms with Gasteiger partial charge in [-0.1, -0.05) is 26.7 Å². The Morgan fingerprint density at radius 3 is 2.31 bits per heavy atom. The molecule has 1 amide bonds. The number of nitrogens with zero attached hydrogens (tertiary/aromatic N) is 1. The minimum absolute atomic E-state index is 0.170. The van der Waals surface area contributed by atoms with Crippen molar-refractivity contribution >= 4 is 5.91 Å². The molecular weight excluding hydrogens is 202 g/mol. The summed E-state index contributed by atoms with van der Waals surface area (Å²) in [6.07, 6.45) is 4.78. The van der Waals surface area contributed by atoms with Crippen LogP contribution in [0.25, 0.3) is 0 Å². The lowest BCUT2D eigenvalue weighted by Crippen LogP contribution is -2.37. The fourth-order valence-electron chi connectivity index (χ4n) is 2.48. The van der Waals surface area contributed by atoms with Crippen molar-refractivity contribution in [3.63, 3.8) is 0 Å². The van der Waals surface area contributed by atoms with E-state index in [9.17, 15) is 9.90 Å². The summed E-state index contributed by atoms with van der Waals surface area (Å²) in [4.78, 5) is 14.1. The van der Waals surface area contributed by atoms with Crippen LogP contribution < -0.4 is 0 Å². The Balaban J connectivity index is 2.54. The molecule has 1 fully saturated rings. The van der Waals surface area contributed by atoms with Gasteiger partial charge in [0.1, 0.15) is 0 Å². The van der Waals surface area contributed by atoms with E-state index in [4.69, 9.17) is 0 Å². The third kappa shape index (κ3) is 3.48. The van der Waals surface area contributed by atoms with Crippen LogP contribution in [0.1, 0.15) is 52.9 Å². The summed E-state index contributed by atoms with van der Waals surface area (Å²) < 4.78 is 0. The number of rotatable bonds is 5. The van der Waals surface area contributed by atoms with Gasteiger partial charge < -0.3 is 10.0 Å². The fourth-order valence-corrected chi connectivity index (χ4v) is 2.48. The maximum Gasteiger partial charge on any atom is 0.225 e. The third-order valence-electron chi connectivity index (χ3n) is 3.39. The average Bonchev–Trinajstić information content (AvgIpc) is 2.57. The summed E-state index contributed by atoms with van der Waals surface area (Å²) in [6.45, 7) is 7.28. The fraction of sp³-hybridized carbons (Fsp3) is 0.923. The number of likely N-dealkylation sites (tertiary alicyclic amines) is 1. The molecule has 0 bridgehead atoms. The van der Waals surface area contributed by atoms with Crippen molar-refractivity contribution in [2.24, 2.45) is 5.92 Å². The normalized spacial score (nSPS) is 25.4. The molecule has 1 aliphatic rings. The van der Waals surface area contributed by atoms with Crippen molar-refractivity contribution in [1.29, 1.82) is 0 Å². The minimum atomic E-state index is -0.668. The Morgan fingerprint density at radius 2 is 1.94 bits per heavy atom. The van der Waals surface area contributed by atoms with Crippen molar-refractivity contribution in [1.82, 2.24) is 4.90 Å². The van der Waals surface area contributed by atoms with Gasteiger partial charge in [0.05, 0.1) is 5.60 Å². The molecule has 0 aromatic carbocycles. The standard InChI is InChI=1S/C13H25NO2/c1-4-6-11(7-5-2)12(15)14-9-8-13(3,16)10-14/h11,16H,4-10H2,1-3H3. The molecule has 0 saturated carbocycles. The summed E-state index contributed by atoms with van der Waals surface area (Å²) >= 11 is 0. The van der Waals surface area contributed by atoms with Crippen molar-refractivity contribution in [3.05, 3.63) is 0 Å². The summed E-state index contributed by atoms with van der Waals surface area (Å²) in [5.74, 6) is 0.422. The number of carbonyl (C=O) groups excluding carboxylic acids is 1. The molecular formula is C13H25NO2. The Bertz CT molecular complexity index is 228. The summed E-state index contributed by atoms with van der Waals surface area (Å²) in [6, 6.07) is 0. The maximum absolute atomic E-state index is 12.2. The predicted octanol–water partition coefficient (Wildman–Crippen LogP) is 2.19. The Morgan fingerprint density at radius 1 is 1.38 bits per heavy atom. The van der Waals surface area contributed by atoms with Gasteiger partial charge in [0.25, 0.3) is 0 Å². The molecule has 1 aliphatic heterocycles. The Kier molecular flexibility index (Phi) is 4.78. The van der Waals surface area contributed by atoms with E-state index in [1.54, 1.807) is 0 Å². The largest absolute Gasteiger partial charge is 0.388 e. The smallest absolute Gasteiger partial charge is 0.225 e. The van der Waals surface area contributed by atoms with E-state index >= 15 is 0 Å². The third-order valence-corrected chi connectivity index (χ3v) is 3.39. The quantitative estimate of drug-likeness (QED) is 0.782. The summed E-state index contributed by atoms with van der Waals surface area (Å²) in [7, 11) is 0. The highest BCUT2D eigenvalue weighted by atomic mass is 16.3. The lowest BCUT2D eigenvalue weighted by molar-refractivity contribution is -0.135. The minimum Gasteiger partial charge on any atom is -0.388 e. The molecule has 16 heavy (non-hydrogen) atoms. The van der Waals surface area contributed by atoms with E-state index in [1.807, 2.05) is 11.8 Å². The van der Waals surface area contributed by atoms with Gasteiger partial charge in [-0.15, -0.1) is 0 Å². The molecule has 0 radical (unpaired) electrons. The summed E-state index contributed by atoms with van der Waals surface area (Å²) in [5, 5.41) is 9.86. The van der Waals surface area contributed by atoms with Crippen LogP contribution in [0.5, 0.6) is 0 Å². The highest BCUT2D eigenvalue weighted by Gasteiger charge is 2.35. The van der Waals surface area contributed by atoms with Gasteiger partial charge >= 0.3 is 0 Å². The van der Waals surface area contributed by atoms with Crippen LogP contribution in [-0.2, 0) is 4.79 Å². The number of β-amino-alcohol motifs (C(OH)–C–C–N with tert-alkyl or cyclic N) is 1. The van der Waals surface area contributed by atoms with Gasteiger partial charge in [0.2, 0.25) is 5.91 Å². The molecule has 94 valence electrons.